The van der Waals surface area contributed by atoms with E-state index in [0.717, 1.165) is 23.2 Å². The van der Waals surface area contributed by atoms with Gasteiger partial charge in [0.1, 0.15) is 5.82 Å². The third kappa shape index (κ3) is 5.30. The Morgan fingerprint density at radius 2 is 1.89 bits per heavy atom. The lowest BCUT2D eigenvalue weighted by Crippen LogP contribution is -2.36. The summed E-state index contributed by atoms with van der Waals surface area (Å²) >= 11 is 0. The van der Waals surface area contributed by atoms with Crippen LogP contribution in [0.15, 0.2) is 54.1 Å². The molecule has 9 heteroatoms. The third-order valence-corrected chi connectivity index (χ3v) is 5.31. The van der Waals surface area contributed by atoms with Crippen molar-refractivity contribution in [3.8, 4) is 0 Å². The van der Waals surface area contributed by atoms with Crippen LogP contribution >= 0.6 is 0 Å². The van der Waals surface area contributed by atoms with Gasteiger partial charge in [-0.3, -0.25) is 0 Å². The zero-order valence-corrected chi connectivity index (χ0v) is 15.0. The molecule has 5 nitrogen and oxygen atoms in total. The first-order chi connectivity index (χ1) is 12.7. The maximum Gasteiger partial charge on any atom is 0.417 e. The molecule has 1 aromatic carbocycles. The van der Waals surface area contributed by atoms with E-state index in [1.807, 2.05) is 18.2 Å². The minimum absolute atomic E-state index is 0.334. The van der Waals surface area contributed by atoms with E-state index in [2.05, 4.69) is 9.71 Å². The molecule has 1 atom stereocenters. The highest BCUT2D eigenvalue weighted by atomic mass is 32.2. The Bertz CT molecular complexity index is 898. The van der Waals surface area contributed by atoms with Gasteiger partial charge in [-0.15, -0.1) is 0 Å². The monoisotopic (exact) mass is 397 g/mol. The predicted octanol–water partition coefficient (Wildman–Crippen LogP) is 3.27. The number of halogens is 3. The molecule has 0 radical (unpaired) electrons. The van der Waals surface area contributed by atoms with Gasteiger partial charge in [-0.05, 0) is 30.2 Å². The van der Waals surface area contributed by atoms with Crippen LogP contribution in [0.4, 0.5) is 19.0 Å². The molecule has 0 bridgehead atoms. The number of rotatable bonds is 5. The maximum atomic E-state index is 12.6. The topological polar surface area (TPSA) is 62.3 Å². The number of anilines is 1. The molecule has 0 amide bonds. The SMILES string of the molecule is O=S(=O)(/C=C/c1ccccc1)N[C@H]1CCN(c2ccc(C(F)(F)F)cn2)C1. The average Bonchev–Trinajstić information content (AvgIpc) is 3.08. The van der Waals surface area contributed by atoms with Gasteiger partial charge >= 0.3 is 6.18 Å². The zero-order chi connectivity index (χ0) is 19.5. The summed E-state index contributed by atoms with van der Waals surface area (Å²) in [5.41, 5.74) is -0.0429. The van der Waals surface area contributed by atoms with Gasteiger partial charge in [0.25, 0.3) is 0 Å². The smallest absolute Gasteiger partial charge is 0.355 e. The number of nitrogens with one attached hydrogen (secondary N) is 1. The van der Waals surface area contributed by atoms with Crippen LogP contribution < -0.4 is 9.62 Å². The molecule has 0 spiro atoms. The standard InChI is InChI=1S/C18H18F3N3O2S/c19-18(20,21)15-6-7-17(22-12-15)24-10-8-16(13-24)23-27(25,26)11-9-14-4-2-1-3-5-14/h1-7,9,11-12,16,23H,8,10,13H2/b11-9+/t16-/m0/s1. The largest absolute Gasteiger partial charge is 0.417 e. The highest BCUT2D eigenvalue weighted by Gasteiger charge is 2.31. The molecule has 0 saturated carbocycles. The van der Waals surface area contributed by atoms with Crippen molar-refractivity contribution in [1.82, 2.24) is 9.71 Å². The highest BCUT2D eigenvalue weighted by molar-refractivity contribution is 7.92. The molecule has 1 fully saturated rings. The normalized spacial score (nSPS) is 18.3. The number of benzene rings is 1. The third-order valence-electron chi connectivity index (χ3n) is 4.16. The number of hydrogen-bond donors (Lipinski definition) is 1. The van der Waals surface area contributed by atoms with Crippen molar-refractivity contribution < 1.29 is 21.6 Å². The lowest BCUT2D eigenvalue weighted by Gasteiger charge is -2.18. The van der Waals surface area contributed by atoms with Gasteiger partial charge in [0.05, 0.1) is 5.56 Å². The van der Waals surface area contributed by atoms with Crippen LogP contribution in [0.2, 0.25) is 0 Å². The molecule has 0 unspecified atom stereocenters. The van der Waals surface area contributed by atoms with Crippen LogP contribution in [0.1, 0.15) is 17.5 Å². The van der Waals surface area contributed by atoms with E-state index in [1.165, 1.54) is 12.1 Å². The summed E-state index contributed by atoms with van der Waals surface area (Å²) in [6.45, 7) is 0.852. The van der Waals surface area contributed by atoms with Gasteiger partial charge in [-0.1, -0.05) is 30.3 Å². The molecule has 144 valence electrons. The van der Waals surface area contributed by atoms with E-state index >= 15 is 0 Å². The van der Waals surface area contributed by atoms with Crippen LogP contribution in [0, 0.1) is 0 Å². The molecular formula is C18H18F3N3O2S. The Morgan fingerprint density at radius 1 is 1.15 bits per heavy atom. The van der Waals surface area contributed by atoms with Crippen molar-refractivity contribution in [2.24, 2.45) is 0 Å². The molecular weight excluding hydrogens is 379 g/mol. The van der Waals surface area contributed by atoms with E-state index in [9.17, 15) is 21.6 Å². The van der Waals surface area contributed by atoms with Crippen molar-refractivity contribution in [3.63, 3.8) is 0 Å². The summed E-state index contributed by atoms with van der Waals surface area (Å²) < 4.78 is 64.8. The Balaban J connectivity index is 1.60. The van der Waals surface area contributed by atoms with Crippen LogP contribution in [-0.2, 0) is 16.2 Å². The first kappa shape index (κ1) is 19.4. The molecule has 1 saturated heterocycles. The number of sulfonamides is 1. The van der Waals surface area contributed by atoms with Crippen molar-refractivity contribution in [2.45, 2.75) is 18.6 Å². The van der Waals surface area contributed by atoms with Crippen molar-refractivity contribution >= 4 is 21.9 Å². The summed E-state index contributed by atoms with van der Waals surface area (Å²) in [6.07, 6.45) is -1.59. The van der Waals surface area contributed by atoms with E-state index in [1.54, 1.807) is 17.0 Å². The summed E-state index contributed by atoms with van der Waals surface area (Å²) in [6, 6.07) is 11.0. The first-order valence-corrected chi connectivity index (χ1v) is 9.81. The van der Waals surface area contributed by atoms with Crippen LogP contribution in [0.3, 0.4) is 0 Å². The van der Waals surface area contributed by atoms with Crippen LogP contribution in [-0.4, -0.2) is 32.5 Å². The van der Waals surface area contributed by atoms with Crippen molar-refractivity contribution in [2.75, 3.05) is 18.0 Å². The fourth-order valence-corrected chi connectivity index (χ4v) is 3.88. The van der Waals surface area contributed by atoms with E-state index in [0.29, 0.717) is 25.3 Å². The second kappa shape index (κ2) is 7.69. The second-order valence-electron chi connectivity index (χ2n) is 6.21. The Hall–Kier alpha value is -2.39. The number of pyridine rings is 1. The predicted molar refractivity (Wildman–Crippen MR) is 97.4 cm³/mol. The summed E-state index contributed by atoms with van der Waals surface area (Å²) in [4.78, 5) is 5.61. The summed E-state index contributed by atoms with van der Waals surface area (Å²) in [5, 5.41) is 1.11. The minimum atomic E-state index is -4.43. The molecule has 1 aliphatic rings. The second-order valence-corrected chi connectivity index (χ2v) is 7.81. The molecule has 27 heavy (non-hydrogen) atoms. The van der Waals surface area contributed by atoms with E-state index < -0.39 is 21.8 Å². The molecule has 1 aromatic heterocycles. The van der Waals surface area contributed by atoms with Crippen molar-refractivity contribution in [3.05, 3.63) is 65.2 Å². The van der Waals surface area contributed by atoms with Crippen molar-refractivity contribution in [1.29, 1.82) is 0 Å². The Labute approximate surface area is 155 Å². The molecule has 1 aliphatic heterocycles. The lowest BCUT2D eigenvalue weighted by molar-refractivity contribution is -0.137. The van der Waals surface area contributed by atoms with E-state index in [-0.39, 0.29) is 6.04 Å². The summed E-state index contributed by atoms with van der Waals surface area (Å²) in [5.74, 6) is 0.393. The van der Waals surface area contributed by atoms with Gasteiger partial charge < -0.3 is 4.90 Å². The van der Waals surface area contributed by atoms with Gasteiger partial charge in [-0.25, -0.2) is 18.1 Å². The maximum absolute atomic E-state index is 12.6. The van der Waals surface area contributed by atoms with Crippen LogP contribution in [0.5, 0.6) is 0 Å². The molecule has 2 aromatic rings. The summed E-state index contributed by atoms with van der Waals surface area (Å²) in [7, 11) is -3.62. The van der Waals surface area contributed by atoms with Gasteiger partial charge in [0.15, 0.2) is 0 Å². The molecule has 2 heterocycles. The zero-order valence-electron chi connectivity index (χ0n) is 14.2. The van der Waals surface area contributed by atoms with Crippen LogP contribution in [0.25, 0.3) is 6.08 Å². The molecule has 3 rings (SSSR count). The quantitative estimate of drug-likeness (QED) is 0.841. The first-order valence-electron chi connectivity index (χ1n) is 8.27. The number of alkyl halides is 3. The molecule has 1 N–H and O–H groups in total. The number of aromatic nitrogens is 1. The highest BCUT2D eigenvalue weighted by Crippen LogP contribution is 2.29. The average molecular weight is 397 g/mol. The van der Waals surface area contributed by atoms with Gasteiger partial charge in [0.2, 0.25) is 10.0 Å². The van der Waals surface area contributed by atoms with E-state index in [4.69, 9.17) is 0 Å². The minimum Gasteiger partial charge on any atom is -0.355 e. The van der Waals surface area contributed by atoms with Gasteiger partial charge in [-0.2, -0.15) is 13.2 Å². The number of nitrogens with zero attached hydrogens (tertiary/aromatic N) is 2. The number of hydrogen-bond acceptors (Lipinski definition) is 4. The fourth-order valence-electron chi connectivity index (χ4n) is 2.81. The fraction of sp³-hybridized carbons (Fsp3) is 0.278. The van der Waals surface area contributed by atoms with Gasteiger partial charge in [0, 0.05) is 30.7 Å². The lowest BCUT2D eigenvalue weighted by atomic mass is 10.2. The molecule has 0 aliphatic carbocycles. The Kier molecular flexibility index (Phi) is 5.52. The Morgan fingerprint density at radius 3 is 2.52 bits per heavy atom.